The molecule has 1 aromatic heterocycles. The third-order valence-corrected chi connectivity index (χ3v) is 7.62. The Labute approximate surface area is 179 Å². The van der Waals surface area contributed by atoms with Crippen molar-refractivity contribution >= 4 is 10.9 Å². The van der Waals surface area contributed by atoms with Gasteiger partial charge in [-0.3, -0.25) is 9.80 Å². The van der Waals surface area contributed by atoms with E-state index in [9.17, 15) is 4.39 Å². The van der Waals surface area contributed by atoms with E-state index in [1.807, 2.05) is 12.1 Å². The van der Waals surface area contributed by atoms with Crippen molar-refractivity contribution in [2.24, 2.45) is 0 Å². The summed E-state index contributed by atoms with van der Waals surface area (Å²) in [6, 6.07) is 14.5. The van der Waals surface area contributed by atoms with Gasteiger partial charge in [-0.2, -0.15) is 0 Å². The van der Waals surface area contributed by atoms with Crippen LogP contribution in [0, 0.1) is 12.7 Å². The number of hydrogen-bond donors (Lipinski definition) is 0. The summed E-state index contributed by atoms with van der Waals surface area (Å²) in [6.07, 6.45) is 3.67. The Balaban J connectivity index is 1.68. The van der Waals surface area contributed by atoms with Gasteiger partial charge in [-0.1, -0.05) is 23.8 Å². The van der Waals surface area contributed by atoms with Gasteiger partial charge in [-0.05, 0) is 82.7 Å². The Kier molecular flexibility index (Phi) is 4.75. The van der Waals surface area contributed by atoms with Gasteiger partial charge in [-0.25, -0.2) is 4.39 Å². The maximum atomic E-state index is 13.6. The summed E-state index contributed by atoms with van der Waals surface area (Å²) in [5.41, 5.74) is 6.66. The molecule has 3 nitrogen and oxygen atoms in total. The van der Waals surface area contributed by atoms with Gasteiger partial charge in [0.2, 0.25) is 0 Å². The van der Waals surface area contributed by atoms with Gasteiger partial charge in [-0.15, -0.1) is 0 Å². The number of nitrogens with zero attached hydrogens (tertiary/aromatic N) is 3. The lowest BCUT2D eigenvalue weighted by atomic mass is 9.90. The molecule has 2 unspecified atom stereocenters. The largest absolute Gasteiger partial charge is 0.342 e. The molecule has 2 atom stereocenters. The smallest absolute Gasteiger partial charge is 0.123 e. The van der Waals surface area contributed by atoms with E-state index in [-0.39, 0.29) is 11.4 Å². The maximum absolute atomic E-state index is 13.6. The van der Waals surface area contributed by atoms with Crippen molar-refractivity contribution in [2.75, 3.05) is 27.2 Å². The molecule has 0 radical (unpaired) electrons. The van der Waals surface area contributed by atoms with Crippen LogP contribution in [0.15, 0.2) is 42.5 Å². The van der Waals surface area contributed by atoms with Gasteiger partial charge < -0.3 is 4.57 Å². The second-order valence-electron chi connectivity index (χ2n) is 9.59. The zero-order chi connectivity index (χ0) is 21.0. The normalized spacial score (nSPS) is 21.1. The van der Waals surface area contributed by atoms with E-state index in [0.717, 1.165) is 25.1 Å². The van der Waals surface area contributed by atoms with Crippen LogP contribution in [0.2, 0.25) is 0 Å². The third kappa shape index (κ3) is 3.00. The van der Waals surface area contributed by atoms with Crippen LogP contribution in [0.1, 0.15) is 48.2 Å². The first-order valence-corrected chi connectivity index (χ1v) is 11.2. The molecule has 1 fully saturated rings. The molecule has 2 aliphatic rings. The minimum absolute atomic E-state index is 0.180. The zero-order valence-electron chi connectivity index (χ0n) is 18.6. The van der Waals surface area contributed by atoms with E-state index < -0.39 is 0 Å². The molecule has 5 rings (SSSR count). The molecule has 158 valence electrons. The lowest BCUT2D eigenvalue weighted by Gasteiger charge is -2.39. The van der Waals surface area contributed by atoms with E-state index in [1.165, 1.54) is 41.5 Å². The Morgan fingerprint density at radius 3 is 2.60 bits per heavy atom. The standard InChI is InChI=1S/C26H32FN3/c1-18-7-12-22-21(16-18)25-23-6-5-14-29(23)15-13-24(25)30(22)17-26(2,28(3)4)19-8-10-20(27)11-9-19/h7-12,16,23H,5-6,13-15,17H2,1-4H3. The lowest BCUT2D eigenvalue weighted by molar-refractivity contribution is 0.146. The van der Waals surface area contributed by atoms with Gasteiger partial charge >= 0.3 is 0 Å². The molecule has 0 amide bonds. The van der Waals surface area contributed by atoms with Crippen molar-refractivity contribution in [2.45, 2.75) is 51.2 Å². The molecule has 0 N–H and O–H groups in total. The summed E-state index contributed by atoms with van der Waals surface area (Å²) in [7, 11) is 4.26. The summed E-state index contributed by atoms with van der Waals surface area (Å²) in [4.78, 5) is 4.96. The van der Waals surface area contributed by atoms with Gasteiger partial charge in [0.15, 0.2) is 0 Å². The quantitative estimate of drug-likeness (QED) is 0.587. The number of rotatable bonds is 4. The molecular formula is C26H32FN3. The van der Waals surface area contributed by atoms with Crippen molar-refractivity contribution in [1.29, 1.82) is 0 Å². The average Bonchev–Trinajstić information content (AvgIpc) is 3.31. The van der Waals surface area contributed by atoms with Crippen LogP contribution in [-0.2, 0) is 18.5 Å². The number of hydrogen-bond acceptors (Lipinski definition) is 2. The summed E-state index contributed by atoms with van der Waals surface area (Å²) in [5.74, 6) is -0.180. The summed E-state index contributed by atoms with van der Waals surface area (Å²) in [6.45, 7) is 7.71. The first-order valence-electron chi connectivity index (χ1n) is 11.2. The number of aromatic nitrogens is 1. The number of likely N-dealkylation sites (N-methyl/N-ethyl adjacent to an activating group) is 1. The Morgan fingerprint density at radius 1 is 1.10 bits per heavy atom. The molecule has 0 saturated carbocycles. The second kappa shape index (κ2) is 7.21. The third-order valence-electron chi connectivity index (χ3n) is 7.62. The Hall–Kier alpha value is -2.17. The molecule has 2 aliphatic heterocycles. The Bertz CT molecular complexity index is 1080. The summed E-state index contributed by atoms with van der Waals surface area (Å²) < 4.78 is 16.2. The van der Waals surface area contributed by atoms with E-state index >= 15 is 0 Å². The van der Waals surface area contributed by atoms with E-state index in [1.54, 1.807) is 17.7 Å². The van der Waals surface area contributed by atoms with Crippen LogP contribution in [0.3, 0.4) is 0 Å². The Morgan fingerprint density at radius 2 is 1.87 bits per heavy atom. The van der Waals surface area contributed by atoms with E-state index in [2.05, 4.69) is 60.5 Å². The van der Waals surface area contributed by atoms with Gasteiger partial charge in [0.05, 0.1) is 5.54 Å². The van der Waals surface area contributed by atoms with E-state index in [0.29, 0.717) is 6.04 Å². The van der Waals surface area contributed by atoms with Crippen LogP contribution in [0.25, 0.3) is 10.9 Å². The fourth-order valence-corrected chi connectivity index (χ4v) is 5.65. The fraction of sp³-hybridized carbons (Fsp3) is 0.462. The van der Waals surface area contributed by atoms with Crippen molar-refractivity contribution in [1.82, 2.24) is 14.4 Å². The molecule has 30 heavy (non-hydrogen) atoms. The molecule has 3 heterocycles. The molecular weight excluding hydrogens is 373 g/mol. The van der Waals surface area contributed by atoms with Crippen LogP contribution >= 0.6 is 0 Å². The fourth-order valence-electron chi connectivity index (χ4n) is 5.65. The maximum Gasteiger partial charge on any atom is 0.123 e. The number of benzene rings is 2. The number of aryl methyl sites for hydroxylation is 1. The highest BCUT2D eigenvalue weighted by Crippen LogP contribution is 2.44. The highest BCUT2D eigenvalue weighted by molar-refractivity contribution is 5.87. The predicted octanol–water partition coefficient (Wildman–Crippen LogP) is 5.26. The minimum Gasteiger partial charge on any atom is -0.342 e. The van der Waals surface area contributed by atoms with Crippen molar-refractivity contribution in [3.63, 3.8) is 0 Å². The van der Waals surface area contributed by atoms with Crippen LogP contribution in [0.5, 0.6) is 0 Å². The van der Waals surface area contributed by atoms with Crippen molar-refractivity contribution in [3.8, 4) is 0 Å². The first kappa shape index (κ1) is 19.8. The lowest BCUT2D eigenvalue weighted by Crippen LogP contribution is -2.43. The molecule has 1 saturated heterocycles. The molecule has 3 aromatic rings. The summed E-state index contributed by atoms with van der Waals surface area (Å²) in [5, 5.41) is 1.43. The highest BCUT2D eigenvalue weighted by Gasteiger charge is 2.37. The summed E-state index contributed by atoms with van der Waals surface area (Å²) >= 11 is 0. The van der Waals surface area contributed by atoms with Gasteiger partial charge in [0, 0.05) is 42.1 Å². The number of fused-ring (bicyclic) bond motifs is 5. The monoisotopic (exact) mass is 405 g/mol. The van der Waals surface area contributed by atoms with Crippen LogP contribution in [0.4, 0.5) is 4.39 Å². The van der Waals surface area contributed by atoms with Gasteiger partial charge in [0.1, 0.15) is 5.82 Å². The molecule has 0 aliphatic carbocycles. The zero-order valence-corrected chi connectivity index (χ0v) is 18.6. The SMILES string of the molecule is Cc1ccc2c(c1)c1c(n2CC(C)(c2ccc(F)cc2)N(C)C)CCN2CCCC12. The predicted molar refractivity (Wildman–Crippen MR) is 121 cm³/mol. The van der Waals surface area contributed by atoms with Crippen LogP contribution in [-0.4, -0.2) is 41.6 Å². The second-order valence-corrected chi connectivity index (χ2v) is 9.59. The van der Waals surface area contributed by atoms with Gasteiger partial charge in [0.25, 0.3) is 0 Å². The molecule has 2 aromatic carbocycles. The number of halogens is 1. The highest BCUT2D eigenvalue weighted by atomic mass is 19.1. The molecule has 0 spiro atoms. The average molecular weight is 406 g/mol. The first-order chi connectivity index (χ1) is 14.4. The van der Waals surface area contributed by atoms with E-state index in [4.69, 9.17) is 0 Å². The van der Waals surface area contributed by atoms with Crippen LogP contribution < -0.4 is 0 Å². The van der Waals surface area contributed by atoms with Crippen molar-refractivity contribution in [3.05, 3.63) is 70.7 Å². The van der Waals surface area contributed by atoms with Crippen molar-refractivity contribution < 1.29 is 4.39 Å². The minimum atomic E-state index is -0.231. The topological polar surface area (TPSA) is 11.4 Å². The molecule has 0 bridgehead atoms. The molecule has 4 heteroatoms.